The lowest BCUT2D eigenvalue weighted by Gasteiger charge is -2.09. The highest BCUT2D eigenvalue weighted by Gasteiger charge is 2.10. The number of hydrogen-bond acceptors (Lipinski definition) is 5. The highest BCUT2D eigenvalue weighted by Crippen LogP contribution is 2.16. The molecule has 6 nitrogen and oxygen atoms in total. The maximum absolute atomic E-state index is 12.9. The van der Waals surface area contributed by atoms with Gasteiger partial charge in [-0.15, -0.1) is 10.2 Å². The van der Waals surface area contributed by atoms with Gasteiger partial charge in [0.25, 0.3) is 0 Å². The average molecular weight is 425 g/mol. The fourth-order valence-electron chi connectivity index (χ4n) is 3.31. The first-order valence-corrected chi connectivity index (χ1v) is 10.4. The van der Waals surface area contributed by atoms with Crippen LogP contribution in [0.15, 0.2) is 82.7 Å². The first-order valence-electron chi connectivity index (χ1n) is 10.4. The van der Waals surface area contributed by atoms with Gasteiger partial charge >= 0.3 is 5.56 Å². The second-order valence-electron chi connectivity index (χ2n) is 7.61. The van der Waals surface area contributed by atoms with E-state index in [0.29, 0.717) is 18.0 Å². The van der Waals surface area contributed by atoms with Crippen LogP contribution in [-0.4, -0.2) is 21.1 Å². The molecule has 3 aromatic carbocycles. The van der Waals surface area contributed by atoms with E-state index in [1.54, 1.807) is 13.1 Å². The van der Waals surface area contributed by atoms with E-state index in [2.05, 4.69) is 47.3 Å². The lowest BCUT2D eigenvalue weighted by Crippen LogP contribution is -2.23. The topological polar surface area (TPSA) is 69.4 Å². The lowest BCUT2D eigenvalue weighted by molar-refractivity contribution is 0.305. The van der Waals surface area contributed by atoms with Gasteiger partial charge in [-0.3, -0.25) is 4.79 Å². The quantitative estimate of drug-likeness (QED) is 0.421. The van der Waals surface area contributed by atoms with Crippen LogP contribution in [0.1, 0.15) is 28.1 Å². The monoisotopic (exact) mass is 424 g/mol. The minimum atomic E-state index is -0.312. The summed E-state index contributed by atoms with van der Waals surface area (Å²) in [6.07, 6.45) is 1.62. The van der Waals surface area contributed by atoms with Crippen LogP contribution in [0.4, 0.5) is 0 Å². The number of aryl methyl sites for hydroxylation is 3. The normalized spacial score (nSPS) is 11.1. The highest BCUT2D eigenvalue weighted by atomic mass is 16.5. The molecule has 0 fully saturated rings. The molecule has 0 spiro atoms. The van der Waals surface area contributed by atoms with Crippen LogP contribution < -0.4 is 10.3 Å². The van der Waals surface area contributed by atoms with E-state index in [4.69, 9.17) is 4.74 Å². The van der Waals surface area contributed by atoms with Gasteiger partial charge < -0.3 is 4.74 Å². The van der Waals surface area contributed by atoms with Gasteiger partial charge in [-0.25, -0.2) is 0 Å². The van der Waals surface area contributed by atoms with Crippen LogP contribution in [0.5, 0.6) is 5.75 Å². The van der Waals surface area contributed by atoms with E-state index in [-0.39, 0.29) is 11.3 Å². The maximum Gasteiger partial charge on any atom is 0.301 e. The smallest absolute Gasteiger partial charge is 0.301 e. The summed E-state index contributed by atoms with van der Waals surface area (Å²) < 4.78 is 7.18. The predicted octanol–water partition coefficient (Wildman–Crippen LogP) is 4.69. The number of rotatable bonds is 6. The molecule has 1 aromatic heterocycles. The third-order valence-corrected chi connectivity index (χ3v) is 5.14. The molecule has 32 heavy (non-hydrogen) atoms. The molecule has 0 N–H and O–H groups in total. The van der Waals surface area contributed by atoms with Crippen LogP contribution in [0.2, 0.25) is 0 Å². The molecule has 0 amide bonds. The standard InChI is InChI=1S/C26H24N4O2/c1-18-9-12-23(19(2)15-18)17-32-24-13-10-21(11-14-24)16-27-30-20(3)28-29-25(26(30)31)22-7-5-4-6-8-22/h4-16H,17H2,1-3H3. The minimum absolute atomic E-state index is 0.267. The van der Waals surface area contributed by atoms with Crippen molar-refractivity contribution < 1.29 is 4.74 Å². The Balaban J connectivity index is 1.49. The van der Waals surface area contributed by atoms with Crippen molar-refractivity contribution in [2.45, 2.75) is 27.4 Å². The summed E-state index contributed by atoms with van der Waals surface area (Å²) in [6, 6.07) is 23.2. The van der Waals surface area contributed by atoms with Crippen LogP contribution in [0, 0.1) is 20.8 Å². The van der Waals surface area contributed by atoms with Gasteiger partial charge in [-0.05, 0) is 61.7 Å². The molecule has 0 bridgehead atoms. The Bertz CT molecular complexity index is 1310. The Morgan fingerprint density at radius 2 is 1.69 bits per heavy atom. The largest absolute Gasteiger partial charge is 0.489 e. The molecule has 0 saturated heterocycles. The molecule has 0 aliphatic heterocycles. The van der Waals surface area contributed by atoms with Gasteiger partial charge in [0, 0.05) is 5.56 Å². The lowest BCUT2D eigenvalue weighted by atomic mass is 10.1. The molecule has 0 aliphatic carbocycles. The van der Waals surface area contributed by atoms with Crippen molar-refractivity contribution in [2.24, 2.45) is 5.10 Å². The second-order valence-corrected chi connectivity index (χ2v) is 7.61. The first kappa shape index (κ1) is 21.2. The summed E-state index contributed by atoms with van der Waals surface area (Å²) in [6.45, 7) is 6.38. The van der Waals surface area contributed by atoms with Crippen LogP contribution in [0.25, 0.3) is 11.3 Å². The number of nitrogens with zero attached hydrogens (tertiary/aromatic N) is 4. The molecule has 4 rings (SSSR count). The molecular formula is C26H24N4O2. The van der Waals surface area contributed by atoms with Gasteiger partial charge in [0.05, 0.1) is 6.21 Å². The average Bonchev–Trinajstić information content (AvgIpc) is 2.80. The van der Waals surface area contributed by atoms with E-state index in [0.717, 1.165) is 16.9 Å². The third kappa shape index (κ3) is 4.81. The van der Waals surface area contributed by atoms with Crippen LogP contribution in [0.3, 0.4) is 0 Å². The zero-order chi connectivity index (χ0) is 22.5. The minimum Gasteiger partial charge on any atom is -0.489 e. The molecule has 1 heterocycles. The SMILES string of the molecule is Cc1ccc(COc2ccc(C=Nn3c(C)nnc(-c4ccccc4)c3=O)cc2)c(C)c1. The Labute approximate surface area is 186 Å². The molecule has 4 aromatic rings. The molecule has 0 saturated carbocycles. The van der Waals surface area contributed by atoms with Crippen molar-refractivity contribution in [1.29, 1.82) is 0 Å². The Morgan fingerprint density at radius 1 is 0.938 bits per heavy atom. The summed E-state index contributed by atoms with van der Waals surface area (Å²) in [5, 5.41) is 12.5. The number of hydrogen-bond donors (Lipinski definition) is 0. The van der Waals surface area contributed by atoms with E-state index in [1.165, 1.54) is 15.8 Å². The van der Waals surface area contributed by atoms with E-state index in [9.17, 15) is 4.79 Å². The second kappa shape index (κ2) is 9.39. The van der Waals surface area contributed by atoms with Crippen molar-refractivity contribution in [1.82, 2.24) is 14.9 Å². The molecule has 0 radical (unpaired) electrons. The van der Waals surface area contributed by atoms with Gasteiger partial charge in [0.2, 0.25) is 0 Å². The van der Waals surface area contributed by atoms with Gasteiger partial charge in [-0.2, -0.15) is 9.78 Å². The molecular weight excluding hydrogens is 400 g/mol. The van der Waals surface area contributed by atoms with E-state index >= 15 is 0 Å². The number of aromatic nitrogens is 3. The van der Waals surface area contributed by atoms with Crippen molar-refractivity contribution in [3.8, 4) is 17.0 Å². The van der Waals surface area contributed by atoms with E-state index < -0.39 is 0 Å². The van der Waals surface area contributed by atoms with Crippen LogP contribution >= 0.6 is 0 Å². The van der Waals surface area contributed by atoms with Crippen LogP contribution in [-0.2, 0) is 6.61 Å². The molecule has 160 valence electrons. The van der Waals surface area contributed by atoms with E-state index in [1.807, 2.05) is 54.6 Å². The number of benzene rings is 3. The fourth-order valence-corrected chi connectivity index (χ4v) is 3.31. The summed E-state index contributed by atoms with van der Waals surface area (Å²) in [5.41, 5.74) is 5.12. The predicted molar refractivity (Wildman–Crippen MR) is 126 cm³/mol. The van der Waals surface area contributed by atoms with Gasteiger partial charge in [-0.1, -0.05) is 54.1 Å². The maximum atomic E-state index is 12.9. The summed E-state index contributed by atoms with van der Waals surface area (Å²) >= 11 is 0. The molecule has 6 heteroatoms. The molecule has 0 aliphatic rings. The molecule has 0 atom stereocenters. The molecule has 0 unspecified atom stereocenters. The van der Waals surface area contributed by atoms with Crippen molar-refractivity contribution in [2.75, 3.05) is 0 Å². The first-order chi connectivity index (χ1) is 15.5. The zero-order valence-electron chi connectivity index (χ0n) is 18.3. The van der Waals surface area contributed by atoms with Crippen molar-refractivity contribution in [3.05, 3.63) is 111 Å². The summed E-state index contributed by atoms with van der Waals surface area (Å²) in [4.78, 5) is 12.9. The Morgan fingerprint density at radius 3 is 2.41 bits per heavy atom. The van der Waals surface area contributed by atoms with Crippen molar-refractivity contribution >= 4 is 6.21 Å². The zero-order valence-corrected chi connectivity index (χ0v) is 18.3. The Kier molecular flexibility index (Phi) is 6.22. The van der Waals surface area contributed by atoms with Crippen molar-refractivity contribution in [3.63, 3.8) is 0 Å². The fraction of sp³-hybridized carbons (Fsp3) is 0.154. The summed E-state index contributed by atoms with van der Waals surface area (Å²) in [5.74, 6) is 1.19. The van der Waals surface area contributed by atoms with Gasteiger partial charge in [0.1, 0.15) is 12.4 Å². The number of ether oxygens (including phenoxy) is 1. The Hall–Kier alpha value is -4.06. The highest BCUT2D eigenvalue weighted by molar-refractivity contribution is 5.79. The third-order valence-electron chi connectivity index (χ3n) is 5.14. The summed E-state index contributed by atoms with van der Waals surface area (Å²) in [7, 11) is 0. The van der Waals surface area contributed by atoms with Gasteiger partial charge in [0.15, 0.2) is 11.5 Å².